The van der Waals surface area contributed by atoms with Crippen LogP contribution in [0.5, 0.6) is 5.75 Å². The van der Waals surface area contributed by atoms with Gasteiger partial charge in [-0.25, -0.2) is 8.42 Å². The minimum absolute atomic E-state index is 0.273. The summed E-state index contributed by atoms with van der Waals surface area (Å²) in [5.41, 5.74) is 2.28. The molecule has 2 aromatic rings. The van der Waals surface area contributed by atoms with E-state index in [0.29, 0.717) is 29.4 Å². The van der Waals surface area contributed by atoms with Gasteiger partial charge in [-0.2, -0.15) is 0 Å². The second kappa shape index (κ2) is 10.5. The highest BCUT2D eigenvalue weighted by Gasteiger charge is 2.22. The van der Waals surface area contributed by atoms with Gasteiger partial charge in [-0.15, -0.1) is 0 Å². The number of benzene rings is 2. The minimum Gasteiger partial charge on any atom is -0.494 e. The predicted molar refractivity (Wildman–Crippen MR) is 117 cm³/mol. The quantitative estimate of drug-likeness (QED) is 0.575. The fourth-order valence-electron chi connectivity index (χ4n) is 2.91. The number of aryl methyl sites for hydroxylation is 2. The SMILES string of the molecule is CCOc1ccc(CCCNC(=O)CN(c2ccc(Cl)cc2C)S(C)(=O)=O)cc1. The van der Waals surface area contributed by atoms with Gasteiger partial charge in [-0.3, -0.25) is 9.10 Å². The van der Waals surface area contributed by atoms with Gasteiger partial charge in [0.25, 0.3) is 0 Å². The maximum Gasteiger partial charge on any atom is 0.240 e. The summed E-state index contributed by atoms with van der Waals surface area (Å²) in [4.78, 5) is 12.3. The lowest BCUT2D eigenvalue weighted by Crippen LogP contribution is -2.41. The second-order valence-electron chi connectivity index (χ2n) is 6.73. The number of anilines is 1. The minimum atomic E-state index is -3.61. The van der Waals surface area contributed by atoms with Crippen LogP contribution in [0, 0.1) is 6.92 Å². The van der Waals surface area contributed by atoms with Crippen molar-refractivity contribution in [1.82, 2.24) is 5.32 Å². The number of amides is 1. The molecular formula is C21H27ClN2O4S. The summed E-state index contributed by atoms with van der Waals surface area (Å²) in [5, 5.41) is 3.30. The molecule has 1 amide bonds. The summed E-state index contributed by atoms with van der Waals surface area (Å²) < 4.78 is 30.9. The Kier molecular flexibility index (Phi) is 8.34. The number of hydrogen-bond donors (Lipinski definition) is 1. The third-order valence-corrected chi connectivity index (χ3v) is 5.68. The average Bonchev–Trinajstić information content (AvgIpc) is 2.64. The Bertz CT molecular complexity index is 930. The van der Waals surface area contributed by atoms with Crippen molar-refractivity contribution in [3.05, 3.63) is 58.6 Å². The topological polar surface area (TPSA) is 75.7 Å². The van der Waals surface area contributed by atoms with Crippen molar-refractivity contribution in [2.75, 3.05) is 30.3 Å². The molecule has 0 unspecified atom stereocenters. The van der Waals surface area contributed by atoms with Gasteiger partial charge in [0.15, 0.2) is 0 Å². The lowest BCUT2D eigenvalue weighted by atomic mass is 10.1. The summed E-state index contributed by atoms with van der Waals surface area (Å²) in [6.07, 6.45) is 2.64. The van der Waals surface area contributed by atoms with Crippen LogP contribution in [-0.2, 0) is 21.2 Å². The monoisotopic (exact) mass is 438 g/mol. The van der Waals surface area contributed by atoms with Crippen LogP contribution in [0.1, 0.15) is 24.5 Å². The lowest BCUT2D eigenvalue weighted by Gasteiger charge is -2.23. The molecule has 0 aliphatic carbocycles. The van der Waals surface area contributed by atoms with E-state index in [9.17, 15) is 13.2 Å². The van der Waals surface area contributed by atoms with Gasteiger partial charge in [0.05, 0.1) is 18.6 Å². The Morgan fingerprint density at radius 2 is 1.86 bits per heavy atom. The number of nitrogens with one attached hydrogen (secondary N) is 1. The summed E-state index contributed by atoms with van der Waals surface area (Å²) in [7, 11) is -3.61. The molecule has 1 N–H and O–H groups in total. The van der Waals surface area contributed by atoms with Crippen molar-refractivity contribution in [2.24, 2.45) is 0 Å². The predicted octanol–water partition coefficient (Wildman–Crippen LogP) is 3.56. The Hall–Kier alpha value is -2.25. The first kappa shape index (κ1) is 23.0. The molecule has 0 atom stereocenters. The van der Waals surface area contributed by atoms with Crippen molar-refractivity contribution >= 4 is 33.2 Å². The molecule has 2 rings (SSSR count). The molecule has 29 heavy (non-hydrogen) atoms. The Balaban J connectivity index is 1.88. The van der Waals surface area contributed by atoms with Crippen LogP contribution in [0.4, 0.5) is 5.69 Å². The molecule has 0 radical (unpaired) electrons. The molecule has 0 aliphatic rings. The van der Waals surface area contributed by atoms with Crippen LogP contribution in [0.2, 0.25) is 5.02 Å². The Labute approximate surface area is 177 Å². The molecule has 0 aromatic heterocycles. The first-order valence-corrected chi connectivity index (χ1v) is 11.7. The highest BCUT2D eigenvalue weighted by atomic mass is 35.5. The van der Waals surface area contributed by atoms with Crippen molar-refractivity contribution in [2.45, 2.75) is 26.7 Å². The van der Waals surface area contributed by atoms with E-state index < -0.39 is 10.0 Å². The average molecular weight is 439 g/mol. The third kappa shape index (κ3) is 7.25. The fourth-order valence-corrected chi connectivity index (χ4v) is 4.05. The summed E-state index contributed by atoms with van der Waals surface area (Å²) in [5.74, 6) is 0.486. The number of carbonyl (C=O) groups excluding carboxylic acids is 1. The number of sulfonamides is 1. The third-order valence-electron chi connectivity index (χ3n) is 4.31. The van der Waals surface area contributed by atoms with Crippen molar-refractivity contribution < 1.29 is 17.9 Å². The number of halogens is 1. The standard InChI is InChI=1S/C21H27ClN2O4S/c1-4-28-19-10-7-17(8-11-19)6-5-13-23-21(25)15-24(29(3,26)27)20-12-9-18(22)14-16(20)2/h7-12,14H,4-6,13,15H2,1-3H3,(H,23,25). The molecule has 0 saturated heterocycles. The molecule has 8 heteroatoms. The molecule has 0 heterocycles. The molecule has 0 fully saturated rings. The van der Waals surface area contributed by atoms with E-state index in [2.05, 4.69) is 5.32 Å². The van der Waals surface area contributed by atoms with E-state index in [1.165, 1.54) is 0 Å². The van der Waals surface area contributed by atoms with Crippen LogP contribution in [0.3, 0.4) is 0 Å². The summed E-state index contributed by atoms with van der Waals surface area (Å²) in [6, 6.07) is 12.7. The van der Waals surface area contributed by atoms with E-state index in [-0.39, 0.29) is 12.5 Å². The van der Waals surface area contributed by atoms with E-state index >= 15 is 0 Å². The first-order chi connectivity index (χ1) is 13.7. The van der Waals surface area contributed by atoms with Crippen LogP contribution in [-0.4, -0.2) is 40.3 Å². The van der Waals surface area contributed by atoms with E-state index in [1.807, 2.05) is 31.2 Å². The maximum atomic E-state index is 12.3. The second-order valence-corrected chi connectivity index (χ2v) is 9.07. The van der Waals surface area contributed by atoms with Gasteiger partial charge >= 0.3 is 0 Å². The number of carbonyl (C=O) groups is 1. The van der Waals surface area contributed by atoms with Crippen LogP contribution in [0.15, 0.2) is 42.5 Å². The van der Waals surface area contributed by atoms with Crippen molar-refractivity contribution in [3.8, 4) is 5.75 Å². The van der Waals surface area contributed by atoms with E-state index in [0.717, 1.165) is 34.7 Å². The maximum absolute atomic E-state index is 12.3. The van der Waals surface area contributed by atoms with Gasteiger partial charge in [0.1, 0.15) is 12.3 Å². The van der Waals surface area contributed by atoms with Gasteiger partial charge in [-0.05, 0) is 68.1 Å². The largest absolute Gasteiger partial charge is 0.494 e. The number of hydrogen-bond acceptors (Lipinski definition) is 4. The Morgan fingerprint density at radius 3 is 2.45 bits per heavy atom. The smallest absolute Gasteiger partial charge is 0.240 e. The highest BCUT2D eigenvalue weighted by Crippen LogP contribution is 2.25. The zero-order valence-corrected chi connectivity index (χ0v) is 18.5. The number of nitrogens with zero attached hydrogens (tertiary/aromatic N) is 1. The molecule has 0 bridgehead atoms. The normalized spacial score (nSPS) is 11.2. The fraction of sp³-hybridized carbons (Fsp3) is 0.381. The number of ether oxygens (including phenoxy) is 1. The Morgan fingerprint density at radius 1 is 1.17 bits per heavy atom. The van der Waals surface area contributed by atoms with Crippen molar-refractivity contribution in [3.63, 3.8) is 0 Å². The molecular weight excluding hydrogens is 412 g/mol. The molecule has 0 saturated carbocycles. The zero-order chi connectivity index (χ0) is 21.4. The van der Waals surface area contributed by atoms with Crippen LogP contribution in [0.25, 0.3) is 0 Å². The van der Waals surface area contributed by atoms with E-state index in [4.69, 9.17) is 16.3 Å². The molecule has 0 spiro atoms. The van der Waals surface area contributed by atoms with Crippen LogP contribution >= 0.6 is 11.6 Å². The van der Waals surface area contributed by atoms with Gasteiger partial charge < -0.3 is 10.1 Å². The van der Waals surface area contributed by atoms with Gasteiger partial charge in [0.2, 0.25) is 15.9 Å². The summed E-state index contributed by atoms with van der Waals surface area (Å²) in [6.45, 7) is 4.52. The van der Waals surface area contributed by atoms with Crippen molar-refractivity contribution in [1.29, 1.82) is 0 Å². The molecule has 2 aromatic carbocycles. The molecule has 0 aliphatic heterocycles. The molecule has 158 valence electrons. The lowest BCUT2D eigenvalue weighted by molar-refractivity contribution is -0.119. The molecule has 6 nitrogen and oxygen atoms in total. The van der Waals surface area contributed by atoms with Crippen LogP contribution < -0.4 is 14.4 Å². The van der Waals surface area contributed by atoms with E-state index in [1.54, 1.807) is 25.1 Å². The summed E-state index contributed by atoms with van der Waals surface area (Å²) >= 11 is 5.95. The van der Waals surface area contributed by atoms with Gasteiger partial charge in [0, 0.05) is 11.6 Å². The van der Waals surface area contributed by atoms with Gasteiger partial charge in [-0.1, -0.05) is 23.7 Å². The number of rotatable bonds is 10. The highest BCUT2D eigenvalue weighted by molar-refractivity contribution is 7.92. The first-order valence-electron chi connectivity index (χ1n) is 9.43. The zero-order valence-electron chi connectivity index (χ0n) is 16.9.